The Kier molecular flexibility index (Phi) is 8.35. The van der Waals surface area contributed by atoms with Crippen LogP contribution in [0, 0.1) is 6.92 Å². The molecule has 1 unspecified atom stereocenters. The van der Waals surface area contributed by atoms with Gasteiger partial charge in [-0.1, -0.05) is 17.7 Å². The highest BCUT2D eigenvalue weighted by molar-refractivity contribution is 6.52. The molecule has 0 aliphatic carbocycles. The number of hydrogen-bond donors (Lipinski definition) is 2. The Morgan fingerprint density at radius 2 is 1.59 bits per heavy atom. The standard InChI is InChI=1S/C30H30ClNO7/c1-5-37-20-10-11-21(24(16-20)38-6-2)28(34)26-27(18-8-13-23(33)25(15-18)39-7-3)32(30(36)29(26)35)22-12-9-19(31)14-17(22)4/h8-16,27,33-34H,5-7H2,1-4H3/b28-26+. The lowest BCUT2D eigenvalue weighted by molar-refractivity contribution is -0.132. The van der Waals surface area contributed by atoms with Gasteiger partial charge < -0.3 is 24.4 Å². The van der Waals surface area contributed by atoms with Crippen molar-refractivity contribution in [1.29, 1.82) is 0 Å². The summed E-state index contributed by atoms with van der Waals surface area (Å²) in [5, 5.41) is 22.4. The van der Waals surface area contributed by atoms with Gasteiger partial charge in [-0.3, -0.25) is 14.5 Å². The maximum atomic E-state index is 13.6. The van der Waals surface area contributed by atoms with Crippen molar-refractivity contribution in [2.75, 3.05) is 24.7 Å². The van der Waals surface area contributed by atoms with E-state index in [0.29, 0.717) is 46.5 Å². The number of phenols is 1. The maximum absolute atomic E-state index is 13.6. The number of amides is 1. The lowest BCUT2D eigenvalue weighted by Crippen LogP contribution is -2.30. The summed E-state index contributed by atoms with van der Waals surface area (Å²) in [5.74, 6) is -1.16. The number of benzene rings is 3. The number of Topliss-reactive ketones (excluding diaryl/α,β-unsaturated/α-hetero) is 1. The number of hydrogen-bond acceptors (Lipinski definition) is 7. The molecular formula is C30H30ClNO7. The number of halogens is 1. The van der Waals surface area contributed by atoms with Crippen LogP contribution in [0.3, 0.4) is 0 Å². The van der Waals surface area contributed by atoms with Gasteiger partial charge in [-0.2, -0.15) is 0 Å². The summed E-state index contributed by atoms with van der Waals surface area (Å²) in [6, 6.07) is 13.4. The highest BCUT2D eigenvalue weighted by atomic mass is 35.5. The molecule has 0 aromatic heterocycles. The Labute approximate surface area is 232 Å². The smallest absolute Gasteiger partial charge is 0.300 e. The second-order valence-corrected chi connectivity index (χ2v) is 9.22. The van der Waals surface area contributed by atoms with E-state index in [1.54, 1.807) is 69.3 Å². The number of anilines is 1. The lowest BCUT2D eigenvalue weighted by atomic mass is 9.94. The quantitative estimate of drug-likeness (QED) is 0.186. The van der Waals surface area contributed by atoms with Gasteiger partial charge in [0, 0.05) is 16.8 Å². The molecule has 0 bridgehead atoms. The molecule has 1 amide bonds. The van der Waals surface area contributed by atoms with Gasteiger partial charge in [0.25, 0.3) is 11.7 Å². The molecule has 1 saturated heterocycles. The Hall–Kier alpha value is -4.17. The summed E-state index contributed by atoms with van der Waals surface area (Å²) < 4.78 is 16.9. The summed E-state index contributed by atoms with van der Waals surface area (Å²) in [5.41, 5.74) is 1.67. The third-order valence-electron chi connectivity index (χ3n) is 6.28. The van der Waals surface area contributed by atoms with E-state index in [0.717, 1.165) is 0 Å². The molecule has 1 aliphatic rings. The molecule has 1 atom stereocenters. The number of aliphatic hydroxyl groups is 1. The fourth-order valence-electron chi connectivity index (χ4n) is 4.63. The van der Waals surface area contributed by atoms with Gasteiger partial charge in [0.2, 0.25) is 0 Å². The summed E-state index contributed by atoms with van der Waals surface area (Å²) in [4.78, 5) is 28.5. The van der Waals surface area contributed by atoms with Crippen LogP contribution >= 0.6 is 11.6 Å². The Balaban J connectivity index is 1.99. The van der Waals surface area contributed by atoms with Gasteiger partial charge in [-0.25, -0.2) is 0 Å². The number of aryl methyl sites for hydroxylation is 1. The van der Waals surface area contributed by atoms with Crippen molar-refractivity contribution in [3.8, 4) is 23.0 Å². The van der Waals surface area contributed by atoms with Gasteiger partial charge in [0.15, 0.2) is 11.5 Å². The molecule has 4 rings (SSSR count). The largest absolute Gasteiger partial charge is 0.507 e. The van der Waals surface area contributed by atoms with Crippen LogP contribution in [0.25, 0.3) is 5.76 Å². The van der Waals surface area contributed by atoms with Gasteiger partial charge in [-0.05, 0) is 81.3 Å². The van der Waals surface area contributed by atoms with E-state index in [-0.39, 0.29) is 29.2 Å². The van der Waals surface area contributed by atoms with E-state index >= 15 is 0 Å². The Bertz CT molecular complexity index is 1450. The first-order valence-electron chi connectivity index (χ1n) is 12.6. The SMILES string of the molecule is CCOc1ccc(/C(O)=C2\C(=O)C(=O)N(c3ccc(Cl)cc3C)C2c2ccc(O)c(OCC)c2)c(OCC)c1. The first kappa shape index (κ1) is 27.9. The second-order valence-electron chi connectivity index (χ2n) is 8.78. The van der Waals surface area contributed by atoms with Crippen molar-refractivity contribution < 1.29 is 34.0 Å². The number of rotatable bonds is 9. The molecule has 0 spiro atoms. The zero-order chi connectivity index (χ0) is 28.3. The topological polar surface area (TPSA) is 106 Å². The molecular weight excluding hydrogens is 522 g/mol. The monoisotopic (exact) mass is 551 g/mol. The molecule has 204 valence electrons. The van der Waals surface area contributed by atoms with Crippen LogP contribution < -0.4 is 19.1 Å². The van der Waals surface area contributed by atoms with Gasteiger partial charge >= 0.3 is 0 Å². The zero-order valence-corrected chi connectivity index (χ0v) is 22.9. The number of aromatic hydroxyl groups is 1. The maximum Gasteiger partial charge on any atom is 0.300 e. The molecule has 9 heteroatoms. The van der Waals surface area contributed by atoms with E-state index in [9.17, 15) is 19.8 Å². The minimum Gasteiger partial charge on any atom is -0.507 e. The van der Waals surface area contributed by atoms with Crippen molar-refractivity contribution in [2.45, 2.75) is 33.7 Å². The zero-order valence-electron chi connectivity index (χ0n) is 22.2. The fourth-order valence-corrected chi connectivity index (χ4v) is 4.86. The van der Waals surface area contributed by atoms with Crippen LogP contribution in [0.1, 0.15) is 43.5 Å². The molecule has 39 heavy (non-hydrogen) atoms. The van der Waals surface area contributed by atoms with Gasteiger partial charge in [0.1, 0.15) is 17.3 Å². The summed E-state index contributed by atoms with van der Waals surface area (Å²) in [6.07, 6.45) is 0. The third kappa shape index (κ3) is 5.38. The number of phenolic OH excluding ortho intramolecular Hbond substituents is 1. The Morgan fingerprint density at radius 1 is 0.897 bits per heavy atom. The summed E-state index contributed by atoms with van der Waals surface area (Å²) in [6.45, 7) is 8.22. The van der Waals surface area contributed by atoms with Crippen molar-refractivity contribution in [3.05, 3.63) is 81.9 Å². The average molecular weight is 552 g/mol. The molecule has 3 aromatic rings. The predicted molar refractivity (Wildman–Crippen MR) is 149 cm³/mol. The number of ketones is 1. The van der Waals surface area contributed by atoms with Crippen LogP contribution in [0.5, 0.6) is 23.0 Å². The van der Waals surface area contributed by atoms with Gasteiger partial charge in [0.05, 0.1) is 37.0 Å². The number of ether oxygens (including phenoxy) is 3. The third-order valence-corrected chi connectivity index (χ3v) is 6.52. The minimum atomic E-state index is -1.04. The van der Waals surface area contributed by atoms with Crippen LogP contribution in [-0.4, -0.2) is 41.7 Å². The normalized spacial score (nSPS) is 16.4. The average Bonchev–Trinajstić information content (AvgIpc) is 3.16. The van der Waals surface area contributed by atoms with Crippen LogP contribution in [0.15, 0.2) is 60.2 Å². The molecule has 1 aliphatic heterocycles. The predicted octanol–water partition coefficient (Wildman–Crippen LogP) is 6.18. The highest BCUT2D eigenvalue weighted by Gasteiger charge is 2.47. The Morgan fingerprint density at radius 3 is 2.26 bits per heavy atom. The summed E-state index contributed by atoms with van der Waals surface area (Å²) in [7, 11) is 0. The van der Waals surface area contributed by atoms with Crippen LogP contribution in [0.4, 0.5) is 5.69 Å². The second kappa shape index (κ2) is 11.7. The molecule has 1 fully saturated rings. The van der Waals surface area contributed by atoms with Gasteiger partial charge in [-0.15, -0.1) is 0 Å². The highest BCUT2D eigenvalue weighted by Crippen LogP contribution is 2.46. The van der Waals surface area contributed by atoms with E-state index < -0.39 is 23.5 Å². The van der Waals surface area contributed by atoms with Crippen molar-refractivity contribution in [2.24, 2.45) is 0 Å². The molecule has 2 N–H and O–H groups in total. The van der Waals surface area contributed by atoms with Crippen LogP contribution in [0.2, 0.25) is 5.02 Å². The first-order chi connectivity index (χ1) is 18.7. The molecule has 3 aromatic carbocycles. The molecule has 0 saturated carbocycles. The number of carbonyl (C=O) groups is 2. The lowest BCUT2D eigenvalue weighted by Gasteiger charge is -2.27. The van der Waals surface area contributed by atoms with E-state index in [1.165, 1.54) is 11.0 Å². The van der Waals surface area contributed by atoms with Crippen molar-refractivity contribution in [3.63, 3.8) is 0 Å². The fraction of sp³-hybridized carbons (Fsp3) is 0.267. The van der Waals surface area contributed by atoms with E-state index in [4.69, 9.17) is 25.8 Å². The number of aliphatic hydroxyl groups excluding tert-OH is 1. The summed E-state index contributed by atoms with van der Waals surface area (Å²) >= 11 is 6.17. The number of carbonyl (C=O) groups excluding carboxylic acids is 2. The van der Waals surface area contributed by atoms with Crippen molar-refractivity contribution >= 4 is 34.7 Å². The van der Waals surface area contributed by atoms with E-state index in [1.807, 2.05) is 6.92 Å². The van der Waals surface area contributed by atoms with E-state index in [2.05, 4.69) is 0 Å². The molecule has 0 radical (unpaired) electrons. The minimum absolute atomic E-state index is 0.0923. The number of nitrogens with zero attached hydrogens (tertiary/aromatic N) is 1. The molecule has 8 nitrogen and oxygen atoms in total. The van der Waals surface area contributed by atoms with Crippen molar-refractivity contribution in [1.82, 2.24) is 0 Å². The molecule has 1 heterocycles. The first-order valence-corrected chi connectivity index (χ1v) is 13.0. The van der Waals surface area contributed by atoms with Crippen LogP contribution in [-0.2, 0) is 9.59 Å².